The van der Waals surface area contributed by atoms with Crippen molar-refractivity contribution < 1.29 is 9.32 Å². The van der Waals surface area contributed by atoms with Crippen LogP contribution in [0.2, 0.25) is 10.0 Å². The fourth-order valence-electron chi connectivity index (χ4n) is 3.36. The lowest BCUT2D eigenvalue weighted by Gasteiger charge is -2.35. The van der Waals surface area contributed by atoms with Gasteiger partial charge in [0.1, 0.15) is 5.54 Å². The summed E-state index contributed by atoms with van der Waals surface area (Å²) in [6, 6.07) is 5.34. The Morgan fingerprint density at radius 1 is 1.28 bits per heavy atom. The lowest BCUT2D eigenvalue weighted by molar-refractivity contribution is -0.123. The topological polar surface area (TPSA) is 68.0 Å². The minimum absolute atomic E-state index is 0.0321. The number of aryl methyl sites for hydroxylation is 2. The Hall–Kier alpha value is -1.59. The molecule has 0 atom stereocenters. The van der Waals surface area contributed by atoms with Gasteiger partial charge in [0.25, 0.3) is 0 Å². The van der Waals surface area contributed by atoms with Crippen LogP contribution < -0.4 is 5.32 Å². The normalized spacial score (nSPS) is 16.6. The summed E-state index contributed by atoms with van der Waals surface area (Å²) in [7, 11) is 0. The van der Waals surface area contributed by atoms with Crippen LogP contribution in [0.15, 0.2) is 22.7 Å². The van der Waals surface area contributed by atoms with Gasteiger partial charge in [-0.25, -0.2) is 0 Å². The number of rotatable bonds is 5. The van der Waals surface area contributed by atoms with Gasteiger partial charge >= 0.3 is 0 Å². The van der Waals surface area contributed by atoms with Gasteiger partial charge in [0.15, 0.2) is 5.82 Å². The van der Waals surface area contributed by atoms with Crippen LogP contribution in [0.25, 0.3) is 0 Å². The molecule has 134 valence electrons. The van der Waals surface area contributed by atoms with Gasteiger partial charge in [0.05, 0.1) is 0 Å². The number of hydrogen-bond donors (Lipinski definition) is 1. The Morgan fingerprint density at radius 2 is 2.04 bits per heavy atom. The van der Waals surface area contributed by atoms with E-state index in [1.807, 2.05) is 6.07 Å². The molecule has 1 heterocycles. The van der Waals surface area contributed by atoms with E-state index in [4.69, 9.17) is 27.7 Å². The Bertz CT molecular complexity index is 755. The highest BCUT2D eigenvalue weighted by Gasteiger charge is 2.39. The van der Waals surface area contributed by atoms with Gasteiger partial charge in [-0.1, -0.05) is 53.7 Å². The van der Waals surface area contributed by atoms with Gasteiger partial charge in [0.2, 0.25) is 11.8 Å². The summed E-state index contributed by atoms with van der Waals surface area (Å²) in [6.07, 6.45) is 5.81. The van der Waals surface area contributed by atoms with Crippen molar-refractivity contribution in [3.8, 4) is 0 Å². The van der Waals surface area contributed by atoms with E-state index in [-0.39, 0.29) is 5.91 Å². The van der Waals surface area contributed by atoms with Crippen LogP contribution in [0.4, 0.5) is 0 Å². The number of carbonyl (C=O) groups excluding carboxylic acids is 1. The molecular weight excluding hydrogens is 361 g/mol. The van der Waals surface area contributed by atoms with Crippen molar-refractivity contribution in [1.82, 2.24) is 15.5 Å². The first kappa shape index (κ1) is 18.2. The van der Waals surface area contributed by atoms with Crippen LogP contribution in [-0.4, -0.2) is 16.0 Å². The molecule has 1 aromatic carbocycles. The van der Waals surface area contributed by atoms with E-state index in [9.17, 15) is 4.79 Å². The monoisotopic (exact) mass is 381 g/mol. The van der Waals surface area contributed by atoms with Gasteiger partial charge in [0, 0.05) is 23.4 Å². The van der Waals surface area contributed by atoms with Crippen LogP contribution in [0.3, 0.4) is 0 Å². The van der Waals surface area contributed by atoms with Crippen molar-refractivity contribution >= 4 is 29.1 Å². The largest absolute Gasteiger partial charge is 0.343 e. The summed E-state index contributed by atoms with van der Waals surface area (Å²) in [5.74, 6) is 1.07. The molecule has 1 aliphatic rings. The summed E-state index contributed by atoms with van der Waals surface area (Å²) < 4.78 is 5.14. The highest BCUT2D eigenvalue weighted by atomic mass is 35.5. The second kappa shape index (κ2) is 7.75. The number of nitrogens with zero attached hydrogens (tertiary/aromatic N) is 2. The maximum absolute atomic E-state index is 12.6. The maximum Gasteiger partial charge on any atom is 0.223 e. The van der Waals surface area contributed by atoms with Gasteiger partial charge in [-0.3, -0.25) is 4.79 Å². The maximum atomic E-state index is 12.6. The van der Waals surface area contributed by atoms with E-state index in [0.29, 0.717) is 34.6 Å². The van der Waals surface area contributed by atoms with E-state index in [2.05, 4.69) is 15.5 Å². The Morgan fingerprint density at radius 3 is 2.68 bits per heavy atom. The lowest BCUT2D eigenvalue weighted by atomic mass is 9.81. The molecule has 0 aliphatic heterocycles. The molecule has 25 heavy (non-hydrogen) atoms. The third-order valence-corrected chi connectivity index (χ3v) is 5.26. The summed E-state index contributed by atoms with van der Waals surface area (Å²) in [5.41, 5.74) is 0.394. The van der Waals surface area contributed by atoms with Crippen LogP contribution >= 0.6 is 23.2 Å². The second-order valence-corrected chi connectivity index (χ2v) is 7.41. The molecule has 3 rings (SSSR count). The number of aromatic nitrogens is 2. The molecule has 1 N–H and O–H groups in total. The predicted octanol–water partition coefficient (Wildman–Crippen LogP) is 4.59. The molecule has 1 fully saturated rings. The third-order valence-electron chi connectivity index (χ3n) is 4.68. The highest BCUT2D eigenvalue weighted by molar-refractivity contribution is 6.35. The number of amides is 1. The smallest absolute Gasteiger partial charge is 0.223 e. The molecule has 1 saturated carbocycles. The predicted molar refractivity (Wildman–Crippen MR) is 96.7 cm³/mol. The van der Waals surface area contributed by atoms with E-state index >= 15 is 0 Å². The van der Waals surface area contributed by atoms with Gasteiger partial charge in [-0.2, -0.15) is 4.98 Å². The van der Waals surface area contributed by atoms with Crippen LogP contribution in [0.5, 0.6) is 0 Å². The molecular formula is C18H21Cl2N3O2. The fourth-order valence-corrected chi connectivity index (χ4v) is 3.86. The van der Waals surface area contributed by atoms with Crippen molar-refractivity contribution in [2.24, 2.45) is 0 Å². The Kier molecular flexibility index (Phi) is 5.64. The molecule has 0 saturated heterocycles. The van der Waals surface area contributed by atoms with Crippen molar-refractivity contribution in [3.63, 3.8) is 0 Å². The molecule has 1 aromatic heterocycles. The summed E-state index contributed by atoms with van der Waals surface area (Å²) in [6.45, 7) is 1.76. The molecule has 2 aromatic rings. The third kappa shape index (κ3) is 4.33. The first-order chi connectivity index (χ1) is 12.0. The average Bonchev–Trinajstić information content (AvgIpc) is 3.02. The standard InChI is InChI=1S/C18H21Cl2N3O2/c1-12-21-17(23-25-12)18(9-3-2-4-10-18)22-16(24)8-6-13-5-7-14(19)11-15(13)20/h5,7,11H,2-4,6,8-10H2,1H3,(H,22,24). The molecule has 0 spiro atoms. The molecule has 0 radical (unpaired) electrons. The molecule has 7 heteroatoms. The Balaban J connectivity index is 1.68. The minimum Gasteiger partial charge on any atom is -0.343 e. The first-order valence-corrected chi connectivity index (χ1v) is 9.30. The van der Waals surface area contributed by atoms with E-state index in [1.165, 1.54) is 0 Å². The zero-order chi connectivity index (χ0) is 17.9. The summed E-state index contributed by atoms with van der Waals surface area (Å²) in [5, 5.41) is 8.41. The van der Waals surface area contributed by atoms with Crippen molar-refractivity contribution in [2.75, 3.05) is 0 Å². The van der Waals surface area contributed by atoms with Crippen molar-refractivity contribution in [3.05, 3.63) is 45.5 Å². The molecule has 0 bridgehead atoms. The first-order valence-electron chi connectivity index (χ1n) is 8.54. The Labute approximate surface area is 157 Å². The highest BCUT2D eigenvalue weighted by Crippen LogP contribution is 2.35. The van der Waals surface area contributed by atoms with Gasteiger partial charge < -0.3 is 9.84 Å². The van der Waals surface area contributed by atoms with Gasteiger partial charge in [-0.05, 0) is 37.0 Å². The number of benzene rings is 1. The lowest BCUT2D eigenvalue weighted by Crippen LogP contribution is -2.48. The van der Waals surface area contributed by atoms with E-state index in [0.717, 1.165) is 37.7 Å². The number of halogens is 2. The molecule has 5 nitrogen and oxygen atoms in total. The van der Waals surface area contributed by atoms with Crippen molar-refractivity contribution in [2.45, 2.75) is 57.4 Å². The number of carbonyl (C=O) groups is 1. The molecule has 0 unspecified atom stereocenters. The fraction of sp³-hybridized carbons (Fsp3) is 0.500. The number of nitrogens with one attached hydrogen (secondary N) is 1. The zero-order valence-electron chi connectivity index (χ0n) is 14.1. The van der Waals surface area contributed by atoms with E-state index < -0.39 is 5.54 Å². The zero-order valence-corrected chi connectivity index (χ0v) is 15.7. The number of hydrogen-bond acceptors (Lipinski definition) is 4. The minimum atomic E-state index is -0.517. The van der Waals surface area contributed by atoms with Crippen LogP contribution in [-0.2, 0) is 16.8 Å². The van der Waals surface area contributed by atoms with Crippen LogP contribution in [0.1, 0.15) is 55.8 Å². The van der Waals surface area contributed by atoms with E-state index in [1.54, 1.807) is 19.1 Å². The average molecular weight is 382 g/mol. The summed E-state index contributed by atoms with van der Waals surface area (Å²) in [4.78, 5) is 17.0. The second-order valence-electron chi connectivity index (χ2n) is 6.56. The van der Waals surface area contributed by atoms with Crippen molar-refractivity contribution in [1.29, 1.82) is 0 Å². The summed E-state index contributed by atoms with van der Waals surface area (Å²) >= 11 is 12.1. The molecule has 1 amide bonds. The quantitative estimate of drug-likeness (QED) is 0.821. The molecule has 1 aliphatic carbocycles. The van der Waals surface area contributed by atoms with Gasteiger partial charge in [-0.15, -0.1) is 0 Å². The SMILES string of the molecule is Cc1nc(C2(NC(=O)CCc3ccc(Cl)cc3Cl)CCCCC2)no1. The van der Waals surface area contributed by atoms with Crippen LogP contribution in [0, 0.1) is 6.92 Å².